The molecule has 2 rings (SSSR count). The van der Waals surface area contributed by atoms with Crippen molar-refractivity contribution in [3.63, 3.8) is 0 Å². The smallest absolute Gasteiger partial charge is 0.435 e. The molecular weight excluding hydrogens is 311 g/mol. The van der Waals surface area contributed by atoms with Crippen LogP contribution < -0.4 is 10.1 Å². The zero-order chi connectivity index (χ0) is 14.9. The van der Waals surface area contributed by atoms with Crippen molar-refractivity contribution in [2.75, 3.05) is 12.4 Å². The lowest BCUT2D eigenvalue weighted by atomic mass is 10.3. The van der Waals surface area contributed by atoms with Gasteiger partial charge >= 0.3 is 6.18 Å². The molecule has 10 heteroatoms. The summed E-state index contributed by atoms with van der Waals surface area (Å²) in [5, 5.41) is 10.4. The first-order valence-electron chi connectivity index (χ1n) is 5.73. The molecule has 0 aliphatic heterocycles. The topological polar surface area (TPSA) is 56.9 Å². The molecule has 0 atom stereocenters. The van der Waals surface area contributed by atoms with Crippen LogP contribution in [0.1, 0.15) is 11.4 Å². The Morgan fingerprint density at radius 1 is 1.29 bits per heavy atom. The molecule has 0 radical (unpaired) electrons. The molecule has 0 spiro atoms. The standard InChI is InChI=1S/C11H14F3N5O.ClH/c1-18-6-8(10(17-18)20-3)15-5-7-4-9(11(12,13)14)16-19(7)2;/h4,6,15H,5H2,1-3H3;1H. The van der Waals surface area contributed by atoms with Crippen LogP contribution in [-0.4, -0.2) is 26.7 Å². The highest BCUT2D eigenvalue weighted by molar-refractivity contribution is 5.85. The molecule has 0 unspecified atom stereocenters. The Hall–Kier alpha value is -1.90. The predicted molar refractivity (Wildman–Crippen MR) is 72.5 cm³/mol. The summed E-state index contributed by atoms with van der Waals surface area (Å²) in [5.74, 6) is 0.380. The SMILES string of the molecule is COc1nn(C)cc1NCc1cc(C(F)(F)F)nn1C.Cl. The van der Waals surface area contributed by atoms with Crippen molar-refractivity contribution in [3.05, 3.63) is 23.7 Å². The first-order valence-corrected chi connectivity index (χ1v) is 5.73. The number of rotatable bonds is 4. The van der Waals surface area contributed by atoms with Gasteiger partial charge in [0.25, 0.3) is 5.88 Å². The van der Waals surface area contributed by atoms with Crippen LogP contribution in [0, 0.1) is 0 Å². The summed E-state index contributed by atoms with van der Waals surface area (Å²) in [7, 11) is 4.66. The van der Waals surface area contributed by atoms with E-state index in [0.29, 0.717) is 17.3 Å². The number of methoxy groups -OCH3 is 1. The fourth-order valence-electron chi connectivity index (χ4n) is 1.74. The maximum absolute atomic E-state index is 12.5. The largest absolute Gasteiger partial charge is 0.478 e. The molecule has 0 aliphatic rings. The van der Waals surface area contributed by atoms with Crippen LogP contribution in [0.5, 0.6) is 5.88 Å². The maximum Gasteiger partial charge on any atom is 0.435 e. The second-order valence-corrected chi connectivity index (χ2v) is 4.22. The average Bonchev–Trinajstić information content (AvgIpc) is 2.89. The van der Waals surface area contributed by atoms with Crippen molar-refractivity contribution in [3.8, 4) is 5.88 Å². The highest BCUT2D eigenvalue weighted by Crippen LogP contribution is 2.29. The number of halogens is 4. The third-order valence-corrected chi connectivity index (χ3v) is 2.72. The van der Waals surface area contributed by atoms with Crippen LogP contribution in [0.3, 0.4) is 0 Å². The van der Waals surface area contributed by atoms with E-state index in [1.165, 1.54) is 18.8 Å². The molecule has 0 bridgehead atoms. The minimum Gasteiger partial charge on any atom is -0.478 e. The highest BCUT2D eigenvalue weighted by atomic mass is 35.5. The van der Waals surface area contributed by atoms with Gasteiger partial charge in [-0.15, -0.1) is 17.5 Å². The minimum atomic E-state index is -4.44. The van der Waals surface area contributed by atoms with Gasteiger partial charge in [-0.2, -0.15) is 18.3 Å². The van der Waals surface area contributed by atoms with E-state index < -0.39 is 11.9 Å². The Balaban J connectivity index is 0.00000220. The van der Waals surface area contributed by atoms with Crippen LogP contribution in [0.25, 0.3) is 0 Å². The van der Waals surface area contributed by atoms with Crippen LogP contribution in [0.15, 0.2) is 12.3 Å². The average molecular weight is 326 g/mol. The molecule has 0 aliphatic carbocycles. The van der Waals surface area contributed by atoms with Crippen LogP contribution in [-0.2, 0) is 26.8 Å². The van der Waals surface area contributed by atoms with Gasteiger partial charge in [-0.05, 0) is 6.07 Å². The molecule has 1 N–H and O–H groups in total. The van der Waals surface area contributed by atoms with E-state index in [2.05, 4.69) is 15.5 Å². The first-order chi connectivity index (χ1) is 9.31. The summed E-state index contributed by atoms with van der Waals surface area (Å²) >= 11 is 0. The summed E-state index contributed by atoms with van der Waals surface area (Å²) in [6.07, 6.45) is -2.76. The molecule has 0 aromatic carbocycles. The Bertz CT molecular complexity index is 608. The number of hydrogen-bond donors (Lipinski definition) is 1. The summed E-state index contributed by atoms with van der Waals surface area (Å²) in [6.45, 7) is 0.182. The predicted octanol–water partition coefficient (Wildman–Crippen LogP) is 2.21. The van der Waals surface area contributed by atoms with Crippen LogP contribution in [0.2, 0.25) is 0 Å². The number of aryl methyl sites for hydroxylation is 2. The zero-order valence-electron chi connectivity index (χ0n) is 11.6. The molecule has 118 valence electrons. The minimum absolute atomic E-state index is 0. The van der Waals surface area contributed by atoms with Gasteiger partial charge in [0.2, 0.25) is 0 Å². The highest BCUT2D eigenvalue weighted by Gasteiger charge is 2.34. The number of hydrogen-bond acceptors (Lipinski definition) is 4. The Morgan fingerprint density at radius 3 is 2.48 bits per heavy atom. The Morgan fingerprint density at radius 2 is 1.95 bits per heavy atom. The van der Waals surface area contributed by atoms with Crippen LogP contribution in [0.4, 0.5) is 18.9 Å². The zero-order valence-corrected chi connectivity index (χ0v) is 12.4. The maximum atomic E-state index is 12.5. The fourth-order valence-corrected chi connectivity index (χ4v) is 1.74. The van der Waals surface area contributed by atoms with E-state index in [1.807, 2.05) is 0 Å². The van der Waals surface area contributed by atoms with Gasteiger partial charge in [0.05, 0.1) is 25.5 Å². The van der Waals surface area contributed by atoms with Gasteiger partial charge in [-0.25, -0.2) is 0 Å². The third-order valence-electron chi connectivity index (χ3n) is 2.72. The van der Waals surface area contributed by atoms with Crippen molar-refractivity contribution >= 4 is 18.1 Å². The summed E-state index contributed by atoms with van der Waals surface area (Å²) in [6, 6.07) is 1.01. The normalized spacial score (nSPS) is 11.1. The van der Waals surface area contributed by atoms with E-state index in [9.17, 15) is 13.2 Å². The Labute approximate surface area is 125 Å². The van der Waals surface area contributed by atoms with Crippen molar-refractivity contribution in [1.82, 2.24) is 19.6 Å². The van der Waals surface area contributed by atoms with Crippen molar-refractivity contribution in [1.29, 1.82) is 0 Å². The number of alkyl halides is 3. The number of anilines is 1. The summed E-state index contributed by atoms with van der Waals surface area (Å²) < 4.78 is 45.4. The quantitative estimate of drug-likeness (QED) is 0.936. The third kappa shape index (κ3) is 3.81. The lowest BCUT2D eigenvalue weighted by molar-refractivity contribution is -0.141. The van der Waals surface area contributed by atoms with Crippen molar-refractivity contribution in [2.24, 2.45) is 14.1 Å². The second-order valence-electron chi connectivity index (χ2n) is 4.22. The van der Waals surface area contributed by atoms with Crippen LogP contribution >= 0.6 is 12.4 Å². The van der Waals surface area contributed by atoms with E-state index in [4.69, 9.17) is 4.74 Å². The molecule has 2 heterocycles. The van der Waals surface area contributed by atoms with Gasteiger partial charge in [-0.3, -0.25) is 9.36 Å². The lowest BCUT2D eigenvalue weighted by Crippen LogP contribution is -2.07. The van der Waals surface area contributed by atoms with Crippen molar-refractivity contribution < 1.29 is 17.9 Å². The number of aromatic nitrogens is 4. The van der Waals surface area contributed by atoms with Gasteiger partial charge in [0.1, 0.15) is 5.69 Å². The van der Waals surface area contributed by atoms with E-state index in [0.717, 1.165) is 6.07 Å². The Kier molecular flexibility index (Phi) is 5.10. The monoisotopic (exact) mass is 325 g/mol. The number of nitrogens with one attached hydrogen (secondary N) is 1. The molecule has 21 heavy (non-hydrogen) atoms. The number of ether oxygens (including phenoxy) is 1. The molecule has 2 aromatic heterocycles. The van der Waals surface area contributed by atoms with E-state index in [-0.39, 0.29) is 19.0 Å². The number of nitrogens with zero attached hydrogens (tertiary/aromatic N) is 4. The second kappa shape index (κ2) is 6.25. The molecular formula is C11H15ClF3N5O. The van der Waals surface area contributed by atoms with E-state index in [1.54, 1.807) is 17.9 Å². The molecule has 6 nitrogen and oxygen atoms in total. The van der Waals surface area contributed by atoms with Gasteiger partial charge in [-0.1, -0.05) is 0 Å². The molecule has 2 aromatic rings. The molecule has 0 amide bonds. The summed E-state index contributed by atoms with van der Waals surface area (Å²) in [5.41, 5.74) is 0.0999. The van der Waals surface area contributed by atoms with Gasteiger partial charge in [0, 0.05) is 14.1 Å². The van der Waals surface area contributed by atoms with Crippen molar-refractivity contribution in [2.45, 2.75) is 12.7 Å². The van der Waals surface area contributed by atoms with E-state index >= 15 is 0 Å². The van der Waals surface area contributed by atoms with Gasteiger partial charge < -0.3 is 10.1 Å². The summed E-state index contributed by atoms with van der Waals surface area (Å²) in [4.78, 5) is 0. The molecule has 0 saturated heterocycles. The first kappa shape index (κ1) is 17.2. The van der Waals surface area contributed by atoms with Gasteiger partial charge in [0.15, 0.2) is 5.69 Å². The molecule has 0 saturated carbocycles. The molecule has 0 fully saturated rings. The lowest BCUT2D eigenvalue weighted by Gasteiger charge is -2.05. The fraction of sp³-hybridized carbons (Fsp3) is 0.455.